The molecule has 1 fully saturated rings. The van der Waals surface area contributed by atoms with Crippen LogP contribution in [0.15, 0.2) is 48.5 Å². The topological polar surface area (TPSA) is 96.2 Å². The molecule has 3 N–H and O–H groups in total. The summed E-state index contributed by atoms with van der Waals surface area (Å²) in [6, 6.07) is 13.9. The number of carbonyl (C=O) groups is 2. The average Bonchev–Trinajstić information content (AvgIpc) is 3.18. The predicted octanol–water partition coefficient (Wildman–Crippen LogP) is 5.30. The molecule has 4 rings (SSSR count). The first kappa shape index (κ1) is 22.6. The Morgan fingerprint density at radius 3 is 2.45 bits per heavy atom. The second-order valence-corrected chi connectivity index (χ2v) is 8.83. The first-order chi connectivity index (χ1) is 15.9. The van der Waals surface area contributed by atoms with E-state index in [9.17, 15) is 14.7 Å². The van der Waals surface area contributed by atoms with Crippen LogP contribution in [0.3, 0.4) is 0 Å². The van der Waals surface area contributed by atoms with Gasteiger partial charge in [-0.05, 0) is 75.1 Å². The van der Waals surface area contributed by atoms with Crippen molar-refractivity contribution < 1.29 is 14.7 Å². The molecule has 0 bridgehead atoms. The highest BCUT2D eigenvalue weighted by Crippen LogP contribution is 2.39. The van der Waals surface area contributed by atoms with Crippen molar-refractivity contribution in [2.45, 2.75) is 58.4 Å². The smallest absolute Gasteiger partial charge is 0.342 e. The monoisotopic (exact) mass is 446 g/mol. The molecule has 1 aliphatic rings. The zero-order chi connectivity index (χ0) is 23.5. The Hall–Kier alpha value is -3.61. The van der Waals surface area contributed by atoms with Gasteiger partial charge in [0.25, 0.3) is 5.91 Å². The van der Waals surface area contributed by atoms with Gasteiger partial charge >= 0.3 is 6.03 Å². The number of amides is 2. The van der Waals surface area contributed by atoms with Crippen LogP contribution in [0.2, 0.25) is 0 Å². The molecule has 1 heterocycles. The Bertz CT molecular complexity index is 1160. The number of rotatable bonds is 6. The van der Waals surface area contributed by atoms with Crippen LogP contribution in [0.1, 0.15) is 67.6 Å². The molecule has 7 nitrogen and oxygen atoms in total. The summed E-state index contributed by atoms with van der Waals surface area (Å²) in [6.07, 6.45) is 4.06. The fraction of sp³-hybridized carbons (Fsp3) is 0.346. The lowest BCUT2D eigenvalue weighted by molar-refractivity contribution is 0.102. The van der Waals surface area contributed by atoms with Crippen molar-refractivity contribution in [2.24, 2.45) is 0 Å². The molecule has 2 aromatic carbocycles. The number of phenolic OH excluding ortho intramolecular Hbond substituents is 1. The van der Waals surface area contributed by atoms with Gasteiger partial charge in [-0.15, -0.1) is 0 Å². The Morgan fingerprint density at radius 2 is 1.85 bits per heavy atom. The number of hydrogen-bond donors (Lipinski definition) is 3. The van der Waals surface area contributed by atoms with Crippen molar-refractivity contribution in [2.75, 3.05) is 5.32 Å². The third-order valence-corrected chi connectivity index (χ3v) is 6.02. The summed E-state index contributed by atoms with van der Waals surface area (Å²) in [5.74, 6) is 0.0842. The molecular weight excluding hydrogens is 416 g/mol. The number of aromatic nitrogens is 2. The van der Waals surface area contributed by atoms with Gasteiger partial charge in [0.15, 0.2) is 0 Å². The summed E-state index contributed by atoms with van der Waals surface area (Å²) in [6.45, 7) is 5.87. The highest BCUT2D eigenvalue weighted by molar-refractivity contribution is 6.04. The molecule has 7 heteroatoms. The zero-order valence-electron chi connectivity index (χ0n) is 19.3. The quantitative estimate of drug-likeness (QED) is 0.448. The van der Waals surface area contributed by atoms with E-state index in [2.05, 4.69) is 22.7 Å². The van der Waals surface area contributed by atoms with Gasteiger partial charge in [0.05, 0.1) is 11.4 Å². The molecule has 0 atom stereocenters. The van der Waals surface area contributed by atoms with E-state index in [-0.39, 0.29) is 29.6 Å². The van der Waals surface area contributed by atoms with Crippen LogP contribution in [0.4, 0.5) is 10.5 Å². The van der Waals surface area contributed by atoms with E-state index in [1.54, 1.807) is 24.3 Å². The Kier molecular flexibility index (Phi) is 6.49. The molecule has 2 amide bonds. The maximum atomic E-state index is 12.7. The number of aromatic hydroxyl groups is 1. The van der Waals surface area contributed by atoms with E-state index in [0.29, 0.717) is 22.5 Å². The standard InChI is InChI=1S/C26H30N4O3/c1-4-17-8-10-19(11-9-17)25(32)28-20-12-13-24(31)21(14-20)22-15-23(18-6-5-7-18)30(29-22)26(33)27-16(2)3/h8-16,18,31H,4-7H2,1-3H3,(H,27,33)(H,28,32). The molecule has 0 radical (unpaired) electrons. The third-order valence-electron chi connectivity index (χ3n) is 6.02. The van der Waals surface area contributed by atoms with Gasteiger partial charge in [-0.2, -0.15) is 9.78 Å². The number of hydrogen-bond acceptors (Lipinski definition) is 4. The van der Waals surface area contributed by atoms with Gasteiger partial charge in [-0.3, -0.25) is 4.79 Å². The van der Waals surface area contributed by atoms with Crippen molar-refractivity contribution in [3.05, 3.63) is 65.4 Å². The lowest BCUT2D eigenvalue weighted by Crippen LogP contribution is -2.36. The van der Waals surface area contributed by atoms with Crippen molar-refractivity contribution in [1.29, 1.82) is 0 Å². The van der Waals surface area contributed by atoms with Crippen LogP contribution in [0.25, 0.3) is 11.3 Å². The Morgan fingerprint density at radius 1 is 1.12 bits per heavy atom. The van der Waals surface area contributed by atoms with Crippen LogP contribution in [0.5, 0.6) is 5.75 Å². The highest BCUT2D eigenvalue weighted by Gasteiger charge is 2.28. The van der Waals surface area contributed by atoms with E-state index in [0.717, 1.165) is 36.9 Å². The van der Waals surface area contributed by atoms with Crippen LogP contribution in [-0.4, -0.2) is 32.9 Å². The number of benzene rings is 2. The second-order valence-electron chi connectivity index (χ2n) is 8.83. The first-order valence-electron chi connectivity index (χ1n) is 11.5. The van der Waals surface area contributed by atoms with Gasteiger partial charge in [0, 0.05) is 28.8 Å². The molecule has 1 saturated carbocycles. The number of aryl methyl sites for hydroxylation is 1. The SMILES string of the molecule is CCc1ccc(C(=O)Nc2ccc(O)c(-c3cc(C4CCC4)n(C(=O)NC(C)C)n3)c2)cc1. The Balaban J connectivity index is 1.62. The molecule has 172 valence electrons. The minimum atomic E-state index is -0.280. The number of nitrogens with zero attached hydrogens (tertiary/aromatic N) is 2. The van der Waals surface area contributed by atoms with Crippen LogP contribution in [-0.2, 0) is 6.42 Å². The molecule has 0 spiro atoms. The van der Waals surface area contributed by atoms with Gasteiger partial charge in [0.1, 0.15) is 5.75 Å². The third kappa shape index (κ3) is 4.92. The van der Waals surface area contributed by atoms with Gasteiger partial charge in [-0.1, -0.05) is 25.5 Å². The molecule has 1 aromatic heterocycles. The summed E-state index contributed by atoms with van der Waals surface area (Å²) in [5, 5.41) is 20.8. The lowest BCUT2D eigenvalue weighted by Gasteiger charge is -2.25. The number of carbonyl (C=O) groups excluding carboxylic acids is 2. The maximum Gasteiger partial charge on any atom is 0.342 e. The number of anilines is 1. The molecular formula is C26H30N4O3. The van der Waals surface area contributed by atoms with Crippen molar-refractivity contribution in [1.82, 2.24) is 15.1 Å². The summed E-state index contributed by atoms with van der Waals surface area (Å²) >= 11 is 0. The molecule has 0 aliphatic heterocycles. The minimum absolute atomic E-state index is 0.0160. The van der Waals surface area contributed by atoms with E-state index in [4.69, 9.17) is 0 Å². The minimum Gasteiger partial charge on any atom is -0.507 e. The second kappa shape index (κ2) is 9.48. The van der Waals surface area contributed by atoms with Crippen LogP contribution < -0.4 is 10.6 Å². The molecule has 33 heavy (non-hydrogen) atoms. The molecule has 1 aliphatic carbocycles. The maximum absolute atomic E-state index is 12.7. The molecule has 0 unspecified atom stereocenters. The van der Waals surface area contributed by atoms with Crippen LogP contribution >= 0.6 is 0 Å². The molecule has 0 saturated heterocycles. The fourth-order valence-electron chi connectivity index (χ4n) is 3.91. The van der Waals surface area contributed by atoms with Crippen molar-refractivity contribution in [3.63, 3.8) is 0 Å². The summed E-state index contributed by atoms with van der Waals surface area (Å²) in [5.41, 5.74) is 4.07. The predicted molar refractivity (Wildman–Crippen MR) is 129 cm³/mol. The van der Waals surface area contributed by atoms with E-state index in [1.807, 2.05) is 32.0 Å². The largest absolute Gasteiger partial charge is 0.507 e. The normalized spacial score (nSPS) is 13.6. The zero-order valence-corrected chi connectivity index (χ0v) is 19.3. The summed E-state index contributed by atoms with van der Waals surface area (Å²) < 4.78 is 1.42. The summed E-state index contributed by atoms with van der Waals surface area (Å²) in [7, 11) is 0. The fourth-order valence-corrected chi connectivity index (χ4v) is 3.91. The first-order valence-corrected chi connectivity index (χ1v) is 11.5. The van der Waals surface area contributed by atoms with Crippen molar-refractivity contribution >= 4 is 17.6 Å². The van der Waals surface area contributed by atoms with E-state index >= 15 is 0 Å². The average molecular weight is 447 g/mol. The highest BCUT2D eigenvalue weighted by atomic mass is 16.3. The number of phenols is 1. The van der Waals surface area contributed by atoms with Gasteiger partial charge < -0.3 is 15.7 Å². The molecule has 3 aromatic rings. The van der Waals surface area contributed by atoms with E-state index < -0.39 is 0 Å². The van der Waals surface area contributed by atoms with E-state index in [1.165, 1.54) is 10.7 Å². The van der Waals surface area contributed by atoms with Gasteiger partial charge in [0.2, 0.25) is 0 Å². The Labute approximate surface area is 193 Å². The van der Waals surface area contributed by atoms with Gasteiger partial charge in [-0.25, -0.2) is 4.79 Å². The van der Waals surface area contributed by atoms with Crippen molar-refractivity contribution in [3.8, 4) is 17.0 Å². The lowest BCUT2D eigenvalue weighted by atomic mass is 9.82. The van der Waals surface area contributed by atoms with Crippen LogP contribution in [0, 0.1) is 0 Å². The number of nitrogens with one attached hydrogen (secondary N) is 2. The summed E-state index contributed by atoms with van der Waals surface area (Å²) in [4.78, 5) is 25.4.